The van der Waals surface area contributed by atoms with Crippen molar-refractivity contribution in [3.8, 4) is 11.1 Å². The van der Waals surface area contributed by atoms with E-state index in [-0.39, 0.29) is 44.6 Å². The summed E-state index contributed by atoms with van der Waals surface area (Å²) >= 11 is 2.08. The summed E-state index contributed by atoms with van der Waals surface area (Å²) in [7, 11) is 0. The first-order valence-electron chi connectivity index (χ1n) is 26.1. The molecule has 0 N–H and O–H groups in total. The van der Waals surface area contributed by atoms with Crippen LogP contribution in [0.4, 0.5) is 34.1 Å². The van der Waals surface area contributed by atoms with Crippen LogP contribution in [-0.4, -0.2) is 6.71 Å². The maximum atomic E-state index is 2.78. The second kappa shape index (κ2) is 14.1. The minimum atomic E-state index is -0.120. The molecule has 352 valence electrons. The van der Waals surface area contributed by atoms with Gasteiger partial charge in [-0.2, -0.15) is 0 Å². The van der Waals surface area contributed by atoms with Crippen LogP contribution in [0.2, 0.25) is 0 Å². The van der Waals surface area contributed by atoms with Gasteiger partial charge in [0, 0.05) is 42.9 Å². The minimum Gasteiger partial charge on any atom is -0.311 e. The van der Waals surface area contributed by atoms with Gasteiger partial charge in [0.25, 0.3) is 6.71 Å². The first-order chi connectivity index (χ1) is 32.2. The van der Waals surface area contributed by atoms with E-state index in [1.54, 1.807) is 5.56 Å². The maximum absolute atomic E-state index is 2.78. The Balaban J connectivity index is 1.27. The molecule has 5 aliphatic rings. The molecule has 0 saturated carbocycles. The van der Waals surface area contributed by atoms with Crippen LogP contribution >= 0.6 is 11.3 Å². The lowest BCUT2D eigenvalue weighted by Gasteiger charge is -2.54. The van der Waals surface area contributed by atoms with Crippen molar-refractivity contribution >= 4 is 78.0 Å². The Labute approximate surface area is 418 Å². The molecule has 0 radical (unpaired) electrons. The summed E-state index contributed by atoms with van der Waals surface area (Å²) in [5, 5.41) is 1.40. The van der Waals surface area contributed by atoms with Gasteiger partial charge in [-0.3, -0.25) is 0 Å². The van der Waals surface area contributed by atoms with E-state index >= 15 is 0 Å². The van der Waals surface area contributed by atoms with Gasteiger partial charge in [-0.25, -0.2) is 0 Å². The van der Waals surface area contributed by atoms with E-state index < -0.39 is 0 Å². The highest BCUT2D eigenvalue weighted by atomic mass is 32.1. The van der Waals surface area contributed by atoms with Crippen molar-refractivity contribution in [3.05, 3.63) is 148 Å². The molecule has 4 heteroatoms. The second-order valence-corrected chi connectivity index (χ2v) is 28.3. The highest BCUT2D eigenvalue weighted by molar-refractivity contribution is 7.33. The van der Waals surface area contributed by atoms with Crippen LogP contribution in [-0.2, 0) is 37.9 Å². The van der Waals surface area contributed by atoms with Crippen LogP contribution in [0.15, 0.2) is 103 Å². The van der Waals surface area contributed by atoms with Crippen molar-refractivity contribution in [3.63, 3.8) is 0 Å². The zero-order valence-corrected chi connectivity index (χ0v) is 45.3. The molecule has 6 aromatic carbocycles. The van der Waals surface area contributed by atoms with Crippen LogP contribution in [0.25, 0.3) is 21.2 Å². The number of rotatable bonds is 2. The molecule has 69 heavy (non-hydrogen) atoms. The molecule has 1 atom stereocenters. The Morgan fingerprint density at radius 1 is 0.478 bits per heavy atom. The molecular formula is C65H73BN2S. The Kier molecular flexibility index (Phi) is 9.21. The molecular weight excluding hydrogens is 852 g/mol. The van der Waals surface area contributed by atoms with Gasteiger partial charge in [0.05, 0.1) is 17.1 Å². The van der Waals surface area contributed by atoms with E-state index in [0.29, 0.717) is 0 Å². The van der Waals surface area contributed by atoms with Crippen molar-refractivity contribution in [2.45, 2.75) is 174 Å². The fourth-order valence-corrected chi connectivity index (χ4v) is 14.8. The van der Waals surface area contributed by atoms with E-state index in [9.17, 15) is 0 Å². The summed E-state index contributed by atoms with van der Waals surface area (Å²) in [5.41, 5.74) is 25.3. The van der Waals surface area contributed by atoms with Gasteiger partial charge in [-0.15, -0.1) is 11.3 Å². The number of benzene rings is 6. The third-order valence-corrected chi connectivity index (χ3v) is 19.3. The first-order valence-corrected chi connectivity index (χ1v) is 27.0. The molecule has 0 saturated heterocycles. The molecule has 2 nitrogen and oxygen atoms in total. The number of nitrogens with zero attached hydrogens (tertiary/aromatic N) is 2. The average molecular weight is 925 g/mol. The monoisotopic (exact) mass is 925 g/mol. The molecule has 1 aromatic heterocycles. The molecule has 0 bridgehead atoms. The van der Waals surface area contributed by atoms with Gasteiger partial charge in [0.15, 0.2) is 0 Å². The lowest BCUT2D eigenvalue weighted by atomic mass is 9.35. The van der Waals surface area contributed by atoms with Crippen molar-refractivity contribution in [2.24, 2.45) is 0 Å². The SMILES string of the molecule is CC(C)(C)c1ccc(N2c3cc(C(C)(C)C)cc4c3B(c3ccc5c6c3N4c3ccc(C(C)(C)C)cc3C6(C)CCC5(C)C)c3sc4cc5c(cc4c32)C(C)(C)CCC5(C)C)c(-c2ccccc2)c1. The highest BCUT2D eigenvalue weighted by Crippen LogP contribution is 2.62. The maximum Gasteiger partial charge on any atom is 0.264 e. The van der Waals surface area contributed by atoms with Crippen molar-refractivity contribution in [2.75, 3.05) is 9.80 Å². The molecule has 7 aromatic rings. The smallest absolute Gasteiger partial charge is 0.264 e. The van der Waals surface area contributed by atoms with Gasteiger partial charge >= 0.3 is 0 Å². The molecule has 12 rings (SSSR count). The average Bonchev–Trinajstić information content (AvgIpc) is 3.66. The van der Waals surface area contributed by atoms with Crippen molar-refractivity contribution in [1.82, 2.24) is 0 Å². The van der Waals surface area contributed by atoms with Crippen LogP contribution in [0.1, 0.15) is 181 Å². The Morgan fingerprint density at radius 2 is 1.03 bits per heavy atom. The van der Waals surface area contributed by atoms with Gasteiger partial charge in [-0.1, -0.05) is 171 Å². The second-order valence-electron chi connectivity index (χ2n) is 27.2. The lowest BCUT2D eigenvalue weighted by Crippen LogP contribution is -2.62. The van der Waals surface area contributed by atoms with Crippen molar-refractivity contribution < 1.29 is 0 Å². The summed E-state index contributed by atoms with van der Waals surface area (Å²) in [4.78, 5) is 5.55. The summed E-state index contributed by atoms with van der Waals surface area (Å²) in [6.45, 7) is 39.1. The number of fused-ring (bicyclic) bond motifs is 10. The third-order valence-electron chi connectivity index (χ3n) is 18.1. The summed E-state index contributed by atoms with van der Waals surface area (Å²) in [6, 6.07) is 41.9. The topological polar surface area (TPSA) is 6.48 Å². The number of hydrogen-bond donors (Lipinski definition) is 0. The van der Waals surface area contributed by atoms with E-state index in [0.717, 1.165) is 12.8 Å². The number of anilines is 6. The standard InChI is InChI=1S/C65H73BN2S/c1-59(2,3)39-22-26-49(42(32-39)38-20-18-17-19-21-38)67-51-34-41(61(7,8)9)35-52-55(51)66(58-56(67)43-36-45-46(37-53(43)69-58)64(14,15)29-28-63(45,12)13)48-25-24-44-54-57(48)68(52)50-27-23-40(60(4,5)6)33-47(50)65(54,16)31-30-62(44,10)11/h17-27,32-37H,28-31H2,1-16H3. The molecule has 0 fully saturated rings. The van der Waals surface area contributed by atoms with E-state index in [4.69, 9.17) is 0 Å². The predicted molar refractivity (Wildman–Crippen MR) is 301 cm³/mol. The highest BCUT2D eigenvalue weighted by Gasteiger charge is 2.54. The summed E-state index contributed by atoms with van der Waals surface area (Å²) in [5.74, 6) is 0. The Hall–Kier alpha value is -5.06. The van der Waals surface area contributed by atoms with Crippen LogP contribution in [0, 0.1) is 0 Å². The normalized spacial score (nSPS) is 20.3. The predicted octanol–water partition coefficient (Wildman–Crippen LogP) is 16.6. The minimum absolute atomic E-state index is 0.0154. The van der Waals surface area contributed by atoms with Crippen LogP contribution in [0.5, 0.6) is 0 Å². The van der Waals surface area contributed by atoms with Gasteiger partial charge < -0.3 is 9.80 Å². The van der Waals surface area contributed by atoms with Gasteiger partial charge in [-0.05, 0) is 162 Å². The number of hydrogen-bond acceptors (Lipinski definition) is 3. The molecule has 1 unspecified atom stereocenters. The van der Waals surface area contributed by atoms with E-state index in [1.165, 1.54) is 123 Å². The third kappa shape index (κ3) is 6.35. The van der Waals surface area contributed by atoms with E-state index in [1.807, 2.05) is 0 Å². The van der Waals surface area contributed by atoms with Crippen molar-refractivity contribution in [1.29, 1.82) is 0 Å². The molecule has 0 spiro atoms. The Bertz CT molecular complexity index is 3340. The summed E-state index contributed by atoms with van der Waals surface area (Å²) in [6.07, 6.45) is 4.68. The van der Waals surface area contributed by atoms with Crippen LogP contribution < -0.4 is 25.5 Å². The first kappa shape index (κ1) is 45.1. The fourth-order valence-electron chi connectivity index (χ4n) is 13.5. The van der Waals surface area contributed by atoms with Gasteiger partial charge in [0.1, 0.15) is 0 Å². The molecule has 2 aliphatic carbocycles. The quantitative estimate of drug-likeness (QED) is 0.159. The van der Waals surface area contributed by atoms with E-state index in [2.05, 4.69) is 235 Å². The fraction of sp³-hybridized carbons (Fsp3) is 0.415. The van der Waals surface area contributed by atoms with Crippen LogP contribution in [0.3, 0.4) is 0 Å². The number of thiophene rings is 1. The zero-order valence-electron chi connectivity index (χ0n) is 44.5. The molecule has 4 heterocycles. The Morgan fingerprint density at radius 3 is 1.65 bits per heavy atom. The lowest BCUT2D eigenvalue weighted by molar-refractivity contribution is 0.332. The largest absolute Gasteiger partial charge is 0.311 e. The molecule has 0 amide bonds. The summed E-state index contributed by atoms with van der Waals surface area (Å²) < 4.78 is 2.88. The van der Waals surface area contributed by atoms with Gasteiger partial charge in [0.2, 0.25) is 0 Å². The zero-order chi connectivity index (χ0) is 48.9. The molecule has 3 aliphatic heterocycles.